The summed E-state index contributed by atoms with van der Waals surface area (Å²) in [4.78, 5) is 22.1. The molecular weight excluding hydrogens is 234 g/mol. The van der Waals surface area contributed by atoms with Crippen LogP contribution in [0.1, 0.15) is 25.7 Å². The van der Waals surface area contributed by atoms with Gasteiger partial charge in [0.25, 0.3) is 5.69 Å². The van der Waals surface area contributed by atoms with Gasteiger partial charge in [-0.1, -0.05) is 18.9 Å². The molecule has 18 heavy (non-hydrogen) atoms. The van der Waals surface area contributed by atoms with E-state index in [1.54, 1.807) is 6.07 Å². The van der Waals surface area contributed by atoms with Gasteiger partial charge in [-0.2, -0.15) is 0 Å². The molecule has 0 saturated heterocycles. The molecule has 6 heteroatoms. The predicted octanol–water partition coefficient (Wildman–Crippen LogP) is 1.80. The van der Waals surface area contributed by atoms with Crippen molar-refractivity contribution < 1.29 is 9.72 Å². The number of rotatable bonds is 3. The van der Waals surface area contributed by atoms with Crippen LogP contribution in [0.25, 0.3) is 0 Å². The largest absolute Gasteiger partial charge is 0.324 e. The van der Waals surface area contributed by atoms with Crippen molar-refractivity contribution in [2.24, 2.45) is 5.73 Å². The van der Waals surface area contributed by atoms with E-state index in [0.29, 0.717) is 18.5 Å². The number of benzene rings is 1. The van der Waals surface area contributed by atoms with Gasteiger partial charge in [-0.05, 0) is 18.9 Å². The Bertz CT molecular complexity index is 481. The number of hydrogen-bond acceptors (Lipinski definition) is 4. The maximum atomic E-state index is 12.0. The number of hydrogen-bond donors (Lipinski definition) is 2. The van der Waals surface area contributed by atoms with Crippen molar-refractivity contribution in [2.75, 3.05) is 5.32 Å². The second kappa shape index (κ2) is 4.73. The number of nitro groups is 1. The number of anilines is 1. The fourth-order valence-electron chi connectivity index (χ4n) is 2.19. The second-order valence-electron chi connectivity index (χ2n) is 4.62. The fourth-order valence-corrected chi connectivity index (χ4v) is 2.19. The smallest absolute Gasteiger partial charge is 0.271 e. The highest BCUT2D eigenvalue weighted by Gasteiger charge is 2.37. The Morgan fingerprint density at radius 1 is 1.39 bits per heavy atom. The zero-order valence-corrected chi connectivity index (χ0v) is 9.89. The molecule has 1 saturated carbocycles. The third-order valence-electron chi connectivity index (χ3n) is 3.26. The maximum Gasteiger partial charge on any atom is 0.271 e. The summed E-state index contributed by atoms with van der Waals surface area (Å²) in [5.74, 6) is -0.263. The van der Waals surface area contributed by atoms with Gasteiger partial charge in [0.15, 0.2) is 0 Å². The Kier molecular flexibility index (Phi) is 3.29. The summed E-state index contributed by atoms with van der Waals surface area (Å²) in [6.07, 6.45) is 3.21. The minimum Gasteiger partial charge on any atom is -0.324 e. The van der Waals surface area contributed by atoms with Gasteiger partial charge in [0, 0.05) is 17.8 Å². The number of nitro benzene ring substituents is 1. The molecule has 0 aromatic heterocycles. The van der Waals surface area contributed by atoms with Gasteiger partial charge in [0.2, 0.25) is 5.91 Å². The third-order valence-corrected chi connectivity index (χ3v) is 3.26. The topological polar surface area (TPSA) is 98.3 Å². The Hall–Kier alpha value is -1.95. The van der Waals surface area contributed by atoms with Crippen LogP contribution in [-0.4, -0.2) is 16.4 Å². The fraction of sp³-hybridized carbons (Fsp3) is 0.417. The predicted molar refractivity (Wildman–Crippen MR) is 67.1 cm³/mol. The molecule has 1 aliphatic carbocycles. The zero-order valence-electron chi connectivity index (χ0n) is 9.89. The van der Waals surface area contributed by atoms with Crippen molar-refractivity contribution in [1.29, 1.82) is 0 Å². The number of non-ortho nitro benzene ring substituents is 1. The third kappa shape index (κ3) is 2.48. The van der Waals surface area contributed by atoms with E-state index in [-0.39, 0.29) is 11.6 Å². The number of amides is 1. The summed E-state index contributed by atoms with van der Waals surface area (Å²) in [5, 5.41) is 13.3. The average molecular weight is 249 g/mol. The van der Waals surface area contributed by atoms with Crippen LogP contribution < -0.4 is 11.1 Å². The lowest BCUT2D eigenvalue weighted by molar-refractivity contribution is -0.384. The highest BCUT2D eigenvalue weighted by atomic mass is 16.6. The minimum atomic E-state index is -0.829. The lowest BCUT2D eigenvalue weighted by Gasteiger charge is -2.22. The molecular formula is C12H15N3O3. The summed E-state index contributed by atoms with van der Waals surface area (Å²) in [6, 6.07) is 5.86. The Balaban J connectivity index is 2.11. The summed E-state index contributed by atoms with van der Waals surface area (Å²) < 4.78 is 0. The number of nitrogens with zero attached hydrogens (tertiary/aromatic N) is 1. The molecule has 0 spiro atoms. The van der Waals surface area contributed by atoms with E-state index in [1.807, 2.05) is 0 Å². The summed E-state index contributed by atoms with van der Waals surface area (Å²) in [6.45, 7) is 0. The van der Waals surface area contributed by atoms with Crippen LogP contribution in [0.3, 0.4) is 0 Å². The first-order valence-electron chi connectivity index (χ1n) is 5.86. The molecule has 0 aliphatic heterocycles. The van der Waals surface area contributed by atoms with Gasteiger partial charge in [-0.3, -0.25) is 14.9 Å². The second-order valence-corrected chi connectivity index (χ2v) is 4.62. The summed E-state index contributed by atoms with van der Waals surface area (Å²) >= 11 is 0. The van der Waals surface area contributed by atoms with Gasteiger partial charge >= 0.3 is 0 Å². The number of nitrogens with two attached hydrogens (primary N) is 1. The van der Waals surface area contributed by atoms with Gasteiger partial charge < -0.3 is 11.1 Å². The van der Waals surface area contributed by atoms with Gasteiger partial charge in [0.05, 0.1) is 10.5 Å². The van der Waals surface area contributed by atoms with Gasteiger partial charge in [0.1, 0.15) is 0 Å². The van der Waals surface area contributed by atoms with Crippen LogP contribution in [0.2, 0.25) is 0 Å². The van der Waals surface area contributed by atoms with Crippen molar-refractivity contribution in [2.45, 2.75) is 31.2 Å². The monoisotopic (exact) mass is 249 g/mol. The molecule has 1 aromatic rings. The van der Waals surface area contributed by atoms with Crippen LogP contribution in [0.5, 0.6) is 0 Å². The lowest BCUT2D eigenvalue weighted by atomic mass is 9.98. The van der Waals surface area contributed by atoms with E-state index in [1.165, 1.54) is 18.2 Å². The SMILES string of the molecule is NC1(C(=O)Nc2cccc([N+](=O)[O-])c2)CCCC1. The molecule has 1 aromatic carbocycles. The highest BCUT2D eigenvalue weighted by molar-refractivity contribution is 5.98. The molecule has 0 heterocycles. The number of carbonyl (C=O) groups is 1. The van der Waals surface area contributed by atoms with E-state index in [4.69, 9.17) is 5.73 Å². The molecule has 2 rings (SSSR count). The van der Waals surface area contributed by atoms with Crippen molar-refractivity contribution in [3.63, 3.8) is 0 Å². The van der Waals surface area contributed by atoms with Crippen molar-refractivity contribution in [3.05, 3.63) is 34.4 Å². The molecule has 0 radical (unpaired) electrons. The molecule has 1 aliphatic rings. The van der Waals surface area contributed by atoms with Crippen LogP contribution in [0.15, 0.2) is 24.3 Å². The zero-order chi connectivity index (χ0) is 13.2. The number of nitrogens with one attached hydrogen (secondary N) is 1. The van der Waals surface area contributed by atoms with E-state index >= 15 is 0 Å². The van der Waals surface area contributed by atoms with Crippen molar-refractivity contribution in [3.8, 4) is 0 Å². The van der Waals surface area contributed by atoms with Crippen molar-refractivity contribution in [1.82, 2.24) is 0 Å². The van der Waals surface area contributed by atoms with Crippen LogP contribution in [0, 0.1) is 10.1 Å². The molecule has 3 N–H and O–H groups in total. The summed E-state index contributed by atoms with van der Waals surface area (Å²) in [7, 11) is 0. The number of carbonyl (C=O) groups excluding carboxylic acids is 1. The Morgan fingerprint density at radius 3 is 2.67 bits per heavy atom. The van der Waals surface area contributed by atoms with Crippen LogP contribution in [-0.2, 0) is 4.79 Å². The summed E-state index contributed by atoms with van der Waals surface area (Å²) in [5.41, 5.74) is 5.53. The van der Waals surface area contributed by atoms with Gasteiger partial charge in [-0.25, -0.2) is 0 Å². The average Bonchev–Trinajstić information content (AvgIpc) is 2.78. The highest BCUT2D eigenvalue weighted by Crippen LogP contribution is 2.28. The van der Waals surface area contributed by atoms with E-state index < -0.39 is 10.5 Å². The van der Waals surface area contributed by atoms with Crippen molar-refractivity contribution >= 4 is 17.3 Å². The van der Waals surface area contributed by atoms with E-state index in [9.17, 15) is 14.9 Å². The normalized spacial score (nSPS) is 17.4. The first-order valence-corrected chi connectivity index (χ1v) is 5.86. The quantitative estimate of drug-likeness (QED) is 0.630. The maximum absolute atomic E-state index is 12.0. The Morgan fingerprint density at radius 2 is 2.06 bits per heavy atom. The molecule has 1 amide bonds. The van der Waals surface area contributed by atoms with Crippen LogP contribution in [0.4, 0.5) is 11.4 Å². The molecule has 0 unspecified atom stereocenters. The molecule has 1 fully saturated rings. The van der Waals surface area contributed by atoms with E-state index in [2.05, 4.69) is 5.32 Å². The van der Waals surface area contributed by atoms with Crippen LogP contribution >= 0.6 is 0 Å². The molecule has 0 bridgehead atoms. The first-order chi connectivity index (χ1) is 8.51. The molecule has 0 atom stereocenters. The molecule has 96 valence electrons. The van der Waals surface area contributed by atoms with Gasteiger partial charge in [-0.15, -0.1) is 0 Å². The minimum absolute atomic E-state index is 0.0507. The standard InChI is InChI=1S/C12H15N3O3/c13-12(6-1-2-7-12)11(16)14-9-4-3-5-10(8-9)15(17)18/h3-5,8H,1-2,6-7,13H2,(H,14,16). The molecule has 6 nitrogen and oxygen atoms in total. The lowest BCUT2D eigenvalue weighted by Crippen LogP contribution is -2.48. The Labute approximate surface area is 104 Å². The van der Waals surface area contributed by atoms with E-state index in [0.717, 1.165) is 12.8 Å². The first kappa shape index (κ1) is 12.5.